The van der Waals surface area contributed by atoms with Crippen molar-refractivity contribution in [3.05, 3.63) is 53.6 Å². The van der Waals surface area contributed by atoms with E-state index in [0.717, 1.165) is 49.3 Å². The summed E-state index contributed by atoms with van der Waals surface area (Å²) in [5, 5.41) is 7.58. The molecule has 7 heteroatoms. The Morgan fingerprint density at radius 2 is 2.04 bits per heavy atom. The number of likely N-dealkylation sites (N-methyl/N-ethyl adjacent to an activating group) is 1. The topological polar surface area (TPSA) is 57.5 Å². The van der Waals surface area contributed by atoms with Crippen molar-refractivity contribution in [3.63, 3.8) is 0 Å². The van der Waals surface area contributed by atoms with Crippen LogP contribution in [0.25, 0.3) is 0 Å². The highest BCUT2D eigenvalue weighted by atomic mass is 35.5. The molecule has 0 saturated carbocycles. The zero-order valence-electron chi connectivity index (χ0n) is 15.8. The van der Waals surface area contributed by atoms with E-state index in [0.29, 0.717) is 0 Å². The Balaban J connectivity index is 1.97. The minimum atomic E-state index is 0.186. The summed E-state index contributed by atoms with van der Waals surface area (Å²) < 4.78 is 2.03. The minimum absolute atomic E-state index is 0.186. The van der Waals surface area contributed by atoms with Gasteiger partial charge in [0.1, 0.15) is 0 Å². The molecule has 1 aromatic heterocycles. The number of rotatable bonds is 9. The number of nitrogens with one attached hydrogen (secondary N) is 2. The first-order valence-corrected chi connectivity index (χ1v) is 9.46. The lowest BCUT2D eigenvalue weighted by Crippen LogP contribution is -2.44. The fourth-order valence-electron chi connectivity index (χ4n) is 2.98. The fourth-order valence-corrected chi connectivity index (χ4v) is 3.24. The second kappa shape index (κ2) is 10.8. The third kappa shape index (κ3) is 5.75. The first kappa shape index (κ1) is 20.3. The first-order chi connectivity index (χ1) is 12.7. The van der Waals surface area contributed by atoms with Crippen LogP contribution in [-0.2, 0) is 6.54 Å². The van der Waals surface area contributed by atoms with Crippen molar-refractivity contribution in [3.8, 4) is 0 Å². The molecule has 0 aliphatic heterocycles. The van der Waals surface area contributed by atoms with Crippen LogP contribution in [0.1, 0.15) is 25.5 Å². The monoisotopic (exact) mass is 376 g/mol. The van der Waals surface area contributed by atoms with Crippen molar-refractivity contribution in [2.24, 2.45) is 4.99 Å². The van der Waals surface area contributed by atoms with Crippen molar-refractivity contribution in [1.82, 2.24) is 25.1 Å². The lowest BCUT2D eigenvalue weighted by molar-refractivity contribution is 0.219. The van der Waals surface area contributed by atoms with E-state index in [1.54, 1.807) is 13.2 Å². The second-order valence-corrected chi connectivity index (χ2v) is 6.35. The molecule has 26 heavy (non-hydrogen) atoms. The van der Waals surface area contributed by atoms with Gasteiger partial charge in [0.25, 0.3) is 0 Å². The maximum Gasteiger partial charge on any atom is 0.191 e. The summed E-state index contributed by atoms with van der Waals surface area (Å²) in [6, 6.07) is 8.24. The molecule has 0 aliphatic carbocycles. The van der Waals surface area contributed by atoms with E-state index in [4.69, 9.17) is 11.6 Å². The normalized spacial score (nSPS) is 13.0. The number of guanidine groups is 1. The zero-order valence-corrected chi connectivity index (χ0v) is 16.6. The smallest absolute Gasteiger partial charge is 0.191 e. The molecule has 2 rings (SSSR count). The van der Waals surface area contributed by atoms with Gasteiger partial charge in [0, 0.05) is 44.1 Å². The number of aliphatic imine (C=N–C) groups is 1. The van der Waals surface area contributed by atoms with Crippen LogP contribution in [0.4, 0.5) is 0 Å². The third-order valence-corrected chi connectivity index (χ3v) is 4.77. The van der Waals surface area contributed by atoms with E-state index in [1.165, 1.54) is 0 Å². The van der Waals surface area contributed by atoms with Crippen LogP contribution in [0.3, 0.4) is 0 Å². The van der Waals surface area contributed by atoms with E-state index in [-0.39, 0.29) is 6.04 Å². The Morgan fingerprint density at radius 1 is 1.27 bits per heavy atom. The lowest BCUT2D eigenvalue weighted by Gasteiger charge is -2.31. The largest absolute Gasteiger partial charge is 0.355 e. The average molecular weight is 377 g/mol. The van der Waals surface area contributed by atoms with Crippen LogP contribution in [0.5, 0.6) is 0 Å². The maximum absolute atomic E-state index is 6.46. The molecule has 142 valence electrons. The number of hydrogen-bond donors (Lipinski definition) is 2. The van der Waals surface area contributed by atoms with Crippen LogP contribution in [0, 0.1) is 0 Å². The number of halogens is 1. The molecule has 1 heterocycles. The average Bonchev–Trinajstić information content (AvgIpc) is 3.17. The van der Waals surface area contributed by atoms with Gasteiger partial charge in [-0.05, 0) is 24.7 Å². The Morgan fingerprint density at radius 3 is 2.65 bits per heavy atom. The van der Waals surface area contributed by atoms with E-state index in [1.807, 2.05) is 35.3 Å². The van der Waals surface area contributed by atoms with Gasteiger partial charge in [-0.1, -0.05) is 43.6 Å². The molecule has 6 nitrogen and oxygen atoms in total. The quantitative estimate of drug-likeness (QED) is 0.522. The van der Waals surface area contributed by atoms with Gasteiger partial charge in [-0.3, -0.25) is 9.89 Å². The third-order valence-electron chi connectivity index (χ3n) is 4.43. The summed E-state index contributed by atoms with van der Waals surface area (Å²) in [5.74, 6) is 0.786. The summed E-state index contributed by atoms with van der Waals surface area (Å²) >= 11 is 6.46. The number of nitrogens with zero attached hydrogens (tertiary/aromatic N) is 4. The fraction of sp³-hybridized carbons (Fsp3) is 0.474. The van der Waals surface area contributed by atoms with Gasteiger partial charge in [0.2, 0.25) is 0 Å². The number of hydrogen-bond acceptors (Lipinski definition) is 3. The van der Waals surface area contributed by atoms with Gasteiger partial charge in [0.05, 0.1) is 12.4 Å². The Hall–Kier alpha value is -2.05. The van der Waals surface area contributed by atoms with Crippen LogP contribution in [0.15, 0.2) is 48.0 Å². The highest BCUT2D eigenvalue weighted by molar-refractivity contribution is 6.31. The molecule has 1 atom stereocenters. The van der Waals surface area contributed by atoms with Gasteiger partial charge in [0.15, 0.2) is 5.96 Å². The lowest BCUT2D eigenvalue weighted by atomic mass is 10.0. The summed E-state index contributed by atoms with van der Waals surface area (Å²) in [7, 11) is 1.79. The molecular formula is C19H29ClN6. The maximum atomic E-state index is 6.46. The molecule has 0 bridgehead atoms. The van der Waals surface area contributed by atoms with Crippen LogP contribution >= 0.6 is 11.6 Å². The van der Waals surface area contributed by atoms with Crippen LogP contribution in [-0.4, -0.2) is 53.6 Å². The predicted octanol–water partition coefficient (Wildman–Crippen LogP) is 2.78. The van der Waals surface area contributed by atoms with Crippen molar-refractivity contribution in [2.75, 3.05) is 33.2 Å². The predicted molar refractivity (Wildman–Crippen MR) is 109 cm³/mol. The van der Waals surface area contributed by atoms with Gasteiger partial charge in [-0.25, -0.2) is 4.98 Å². The number of imidazole rings is 1. The molecule has 0 fully saturated rings. The second-order valence-electron chi connectivity index (χ2n) is 5.94. The molecule has 2 aromatic rings. The molecule has 1 unspecified atom stereocenters. The number of aromatic nitrogens is 2. The zero-order chi connectivity index (χ0) is 18.8. The van der Waals surface area contributed by atoms with Gasteiger partial charge in [-0.15, -0.1) is 0 Å². The van der Waals surface area contributed by atoms with Crippen molar-refractivity contribution in [2.45, 2.75) is 26.4 Å². The minimum Gasteiger partial charge on any atom is -0.355 e. The van der Waals surface area contributed by atoms with E-state index in [9.17, 15) is 0 Å². The van der Waals surface area contributed by atoms with Gasteiger partial charge < -0.3 is 15.2 Å². The molecule has 0 saturated heterocycles. The highest BCUT2D eigenvalue weighted by Crippen LogP contribution is 2.26. The molecular weight excluding hydrogens is 348 g/mol. The molecule has 0 spiro atoms. The molecule has 0 radical (unpaired) electrons. The molecule has 2 N–H and O–H groups in total. The Bertz CT molecular complexity index is 666. The SMILES string of the molecule is CCN(CC)C(CNC(=NC)NCCn1ccnc1)c1ccccc1Cl. The van der Waals surface area contributed by atoms with E-state index in [2.05, 4.69) is 45.4 Å². The molecule has 0 amide bonds. The highest BCUT2D eigenvalue weighted by Gasteiger charge is 2.20. The van der Waals surface area contributed by atoms with E-state index < -0.39 is 0 Å². The van der Waals surface area contributed by atoms with Gasteiger partial charge in [-0.2, -0.15) is 0 Å². The van der Waals surface area contributed by atoms with Crippen molar-refractivity contribution >= 4 is 17.6 Å². The standard InChI is InChI=1S/C19H29ClN6/c1-4-26(5-2)18(16-8-6-7-9-17(16)20)14-24-19(21-3)23-11-13-25-12-10-22-15-25/h6-10,12,15,18H,4-5,11,13-14H2,1-3H3,(H2,21,23,24). The summed E-state index contributed by atoms with van der Waals surface area (Å²) in [6.45, 7) is 8.61. The Labute approximate surface area is 161 Å². The first-order valence-electron chi connectivity index (χ1n) is 9.08. The van der Waals surface area contributed by atoms with Gasteiger partial charge >= 0.3 is 0 Å². The van der Waals surface area contributed by atoms with Crippen LogP contribution in [0.2, 0.25) is 5.02 Å². The molecule has 0 aliphatic rings. The number of benzene rings is 1. The van der Waals surface area contributed by atoms with E-state index >= 15 is 0 Å². The summed E-state index contributed by atoms with van der Waals surface area (Å²) in [6.07, 6.45) is 5.54. The summed E-state index contributed by atoms with van der Waals surface area (Å²) in [4.78, 5) is 10.8. The summed E-state index contributed by atoms with van der Waals surface area (Å²) in [5.41, 5.74) is 1.14. The van der Waals surface area contributed by atoms with Crippen LogP contribution < -0.4 is 10.6 Å². The Kier molecular flexibility index (Phi) is 8.44. The van der Waals surface area contributed by atoms with Crippen molar-refractivity contribution in [1.29, 1.82) is 0 Å². The molecule has 1 aromatic carbocycles. The van der Waals surface area contributed by atoms with Crippen molar-refractivity contribution < 1.29 is 0 Å².